The summed E-state index contributed by atoms with van der Waals surface area (Å²) < 4.78 is 5.34. The van der Waals surface area contributed by atoms with Crippen molar-refractivity contribution in [3.63, 3.8) is 0 Å². The zero-order chi connectivity index (χ0) is 57.2. The van der Waals surface area contributed by atoms with Crippen molar-refractivity contribution in [1.82, 2.24) is 47.9 Å². The third kappa shape index (κ3) is 18.8. The van der Waals surface area contributed by atoms with Crippen LogP contribution in [-0.4, -0.2) is 132 Å². The topological polar surface area (TPSA) is 330 Å². The van der Waals surface area contributed by atoms with E-state index in [1.54, 1.807) is 58.9 Å². The lowest BCUT2D eigenvalue weighted by atomic mass is 9.93. The molecule has 0 radical (unpaired) electrons. The molecule has 3 rings (SSSR count). The lowest BCUT2D eigenvalue weighted by Gasteiger charge is -2.33. The Morgan fingerprint density at radius 2 is 1.39 bits per heavy atom. The highest BCUT2D eigenvalue weighted by molar-refractivity contribution is 6.40. The summed E-state index contributed by atoms with van der Waals surface area (Å²) in [7, 11) is 1.52. The molecule has 23 heteroatoms. The molecule has 1 aromatic carbocycles. The summed E-state index contributed by atoms with van der Waals surface area (Å²) in [5, 5.41) is 31.0. The van der Waals surface area contributed by atoms with Crippen LogP contribution in [-0.2, 0) is 47.9 Å². The lowest BCUT2D eigenvalue weighted by molar-refractivity contribution is -0.138. The molecular weight excluding hydrogens is 981 g/mol. The second-order valence-electron chi connectivity index (χ2n) is 22.1. The van der Waals surface area contributed by atoms with Crippen LogP contribution >= 0.6 is 0 Å². The van der Waals surface area contributed by atoms with Crippen LogP contribution < -0.4 is 63.3 Å². The molecule has 1 saturated heterocycles. The van der Waals surface area contributed by atoms with Gasteiger partial charge in [-0.25, -0.2) is 5.01 Å². The minimum Gasteiger partial charge on any atom is -0.497 e. The van der Waals surface area contributed by atoms with Crippen molar-refractivity contribution >= 4 is 70.5 Å². The Bertz CT molecular complexity index is 2270. The molecule has 2 aliphatic heterocycles. The van der Waals surface area contributed by atoms with E-state index in [4.69, 9.17) is 10.5 Å². The van der Waals surface area contributed by atoms with Crippen LogP contribution in [0.15, 0.2) is 29.4 Å². The van der Waals surface area contributed by atoms with Crippen molar-refractivity contribution in [2.24, 2.45) is 34.5 Å². The minimum atomic E-state index is -1.67. The lowest BCUT2D eigenvalue weighted by Crippen LogP contribution is -2.64. The van der Waals surface area contributed by atoms with Crippen molar-refractivity contribution in [3.8, 4) is 5.75 Å². The summed E-state index contributed by atoms with van der Waals surface area (Å²) in [6, 6.07) is -0.0976. The number of amides is 10. The van der Waals surface area contributed by atoms with E-state index in [1.807, 2.05) is 27.7 Å². The van der Waals surface area contributed by atoms with E-state index in [-0.39, 0.29) is 68.7 Å². The predicted molar refractivity (Wildman–Crippen MR) is 287 cm³/mol. The molecule has 76 heavy (non-hydrogen) atoms. The monoisotopic (exact) mass is 1070 g/mol. The number of rotatable bonds is 14. The van der Waals surface area contributed by atoms with Crippen LogP contribution in [0.1, 0.15) is 141 Å². The Morgan fingerprint density at radius 1 is 0.776 bits per heavy atom. The highest BCUT2D eigenvalue weighted by Gasteiger charge is 2.47. The largest absolute Gasteiger partial charge is 0.497 e. The first-order chi connectivity index (χ1) is 35.5. The molecule has 424 valence electrons. The van der Waals surface area contributed by atoms with Gasteiger partial charge in [0.05, 0.1) is 12.8 Å². The van der Waals surface area contributed by atoms with Crippen LogP contribution in [0.3, 0.4) is 0 Å². The second-order valence-corrected chi connectivity index (χ2v) is 22.1. The third-order valence-electron chi connectivity index (χ3n) is 13.2. The number of ether oxygens (including phenoxy) is 1. The highest BCUT2D eigenvalue weighted by Crippen LogP contribution is 2.34. The smallest absolute Gasteiger partial charge is 0.267 e. The van der Waals surface area contributed by atoms with Crippen molar-refractivity contribution in [3.05, 3.63) is 24.3 Å². The van der Waals surface area contributed by atoms with E-state index >= 15 is 0 Å². The van der Waals surface area contributed by atoms with Gasteiger partial charge in [0.1, 0.15) is 58.8 Å². The maximum atomic E-state index is 14.3. The Morgan fingerprint density at radius 3 is 1.95 bits per heavy atom. The SMILES string of the molecule is COc1ccc(N2N=C3CC2(C)C(=O)NCCCC[C@H](NC(=O)[C@@H](NC(C)=O)C(C)C)C(=O)N[C@@H](CC(C)C)C(=O)NC(C)(C)C(=O)N[C@@H](C(C)C)C(=O)N[C@H](C(=O)N[C@@H](CC(C)C)C(N)=O)CCCCNC3=O)cc1. The van der Waals surface area contributed by atoms with Gasteiger partial charge in [-0.1, -0.05) is 55.4 Å². The zero-order valence-corrected chi connectivity index (χ0v) is 46.8. The van der Waals surface area contributed by atoms with Crippen LogP contribution in [0.5, 0.6) is 5.75 Å². The number of nitrogens with two attached hydrogens (primary N) is 1. The van der Waals surface area contributed by atoms with Crippen LogP contribution in [0, 0.1) is 23.7 Å². The van der Waals surface area contributed by atoms with Gasteiger partial charge in [-0.05, 0) is 120 Å². The molecule has 1 unspecified atom stereocenters. The van der Waals surface area contributed by atoms with E-state index < -0.39 is 112 Å². The van der Waals surface area contributed by atoms with Gasteiger partial charge in [0.2, 0.25) is 53.2 Å². The standard InChI is InChI=1S/C53H86N12O11/c1-29(2)26-38(43(54)67)60-45(69)36-18-14-16-24-55-44(68)40-28-53(12,65(64-40)34-20-22-35(76-13)23-21-34)51(75)56-25-17-15-19-37(58-48(72)41(31(5)6)57-33(9)66)46(70)61-39(27-30(3)4)47(71)63-52(10,11)50(74)62-42(32(7)8)49(73)59-36/h20-23,29-32,36-39,41-42H,14-19,24-28H2,1-13H3,(H2,54,67)(H,55,68)(H,56,75)(H,57,66)(H,58,72)(H,59,73)(H,60,69)(H,61,70)(H,62,74)(H,63,71)/t36-,37-,38-,39-,41-,42-,53?/m0/s1. The molecule has 2 heterocycles. The van der Waals surface area contributed by atoms with Gasteiger partial charge in [0, 0.05) is 26.4 Å². The molecule has 0 spiro atoms. The zero-order valence-electron chi connectivity index (χ0n) is 46.8. The number of primary amides is 1. The van der Waals surface area contributed by atoms with Gasteiger partial charge in [-0.2, -0.15) is 5.10 Å². The summed E-state index contributed by atoms with van der Waals surface area (Å²) in [6.45, 7) is 20.3. The summed E-state index contributed by atoms with van der Waals surface area (Å²) in [6.07, 6.45) is 1.62. The fraction of sp³-hybridized carbons (Fsp3) is 0.679. The number of benzene rings is 1. The number of carbonyl (C=O) groups excluding carboxylic acids is 10. The number of hydrazone groups is 1. The van der Waals surface area contributed by atoms with Gasteiger partial charge in [-0.15, -0.1) is 0 Å². The molecule has 1 fully saturated rings. The fourth-order valence-electron chi connectivity index (χ4n) is 8.77. The minimum absolute atomic E-state index is 0.0222. The molecule has 2 aliphatic rings. The van der Waals surface area contributed by atoms with Crippen LogP contribution in [0.2, 0.25) is 0 Å². The van der Waals surface area contributed by atoms with E-state index in [2.05, 4.69) is 53.0 Å². The fourth-order valence-corrected chi connectivity index (χ4v) is 8.77. The molecule has 2 bridgehead atoms. The number of hydrogen-bond acceptors (Lipinski definition) is 13. The van der Waals surface area contributed by atoms with Crippen molar-refractivity contribution < 1.29 is 52.7 Å². The van der Waals surface area contributed by atoms with Gasteiger partial charge < -0.3 is 58.3 Å². The van der Waals surface area contributed by atoms with E-state index in [0.717, 1.165) is 0 Å². The summed E-state index contributed by atoms with van der Waals surface area (Å²) in [4.78, 5) is 137. The van der Waals surface area contributed by atoms with E-state index in [9.17, 15) is 47.9 Å². The summed E-state index contributed by atoms with van der Waals surface area (Å²) >= 11 is 0. The molecule has 1 aromatic rings. The average molecular weight is 1070 g/mol. The number of anilines is 1. The predicted octanol–water partition coefficient (Wildman–Crippen LogP) is 1.32. The number of carbonyl (C=O) groups is 10. The maximum absolute atomic E-state index is 14.3. The van der Waals surface area contributed by atoms with Gasteiger partial charge in [0.15, 0.2) is 0 Å². The molecule has 0 aliphatic carbocycles. The van der Waals surface area contributed by atoms with Crippen molar-refractivity contribution in [2.75, 3.05) is 25.2 Å². The van der Waals surface area contributed by atoms with Gasteiger partial charge in [0.25, 0.3) is 5.91 Å². The van der Waals surface area contributed by atoms with Crippen LogP contribution in [0.25, 0.3) is 0 Å². The number of nitrogens with one attached hydrogen (secondary N) is 9. The Balaban J connectivity index is 2.09. The molecule has 11 N–H and O–H groups in total. The summed E-state index contributed by atoms with van der Waals surface area (Å²) in [5.74, 6) is -6.94. The molecule has 7 atom stereocenters. The summed E-state index contributed by atoms with van der Waals surface area (Å²) in [5.41, 5.74) is 3.19. The second kappa shape index (κ2) is 28.9. The number of nitrogens with zero attached hydrogens (tertiary/aromatic N) is 2. The first kappa shape index (κ1) is 63.5. The molecule has 0 aromatic heterocycles. The molecule has 0 saturated carbocycles. The molecule has 23 nitrogen and oxygen atoms in total. The van der Waals surface area contributed by atoms with Crippen LogP contribution in [0.4, 0.5) is 5.69 Å². The third-order valence-corrected chi connectivity index (χ3v) is 13.2. The van der Waals surface area contributed by atoms with E-state index in [0.29, 0.717) is 37.1 Å². The van der Waals surface area contributed by atoms with Gasteiger partial charge in [-0.3, -0.25) is 47.9 Å². The Hall–Kier alpha value is -6.81. The van der Waals surface area contributed by atoms with Gasteiger partial charge >= 0.3 is 0 Å². The molecular formula is C53H86N12O11. The highest BCUT2D eigenvalue weighted by atomic mass is 16.5. The van der Waals surface area contributed by atoms with E-state index in [1.165, 1.54) is 32.9 Å². The molecule has 10 amide bonds. The Kier molecular flexibility index (Phi) is 24.1. The first-order valence-corrected chi connectivity index (χ1v) is 26.5. The maximum Gasteiger partial charge on any atom is 0.267 e. The van der Waals surface area contributed by atoms with Crippen molar-refractivity contribution in [1.29, 1.82) is 0 Å². The number of methoxy groups -OCH3 is 1. The number of fused-ring (bicyclic) bond motifs is 2. The quantitative estimate of drug-likeness (QED) is 0.126. The Labute approximate surface area is 447 Å². The first-order valence-electron chi connectivity index (χ1n) is 26.5. The number of hydrogen-bond donors (Lipinski definition) is 10. The normalized spacial score (nSPS) is 23.8. The van der Waals surface area contributed by atoms with Crippen molar-refractivity contribution in [2.45, 2.75) is 188 Å². The average Bonchev–Trinajstić information content (AvgIpc) is 3.70.